The number of nitrogens with one attached hydrogen (secondary N) is 1. The Balaban J connectivity index is 2.44. The predicted octanol–water partition coefficient (Wildman–Crippen LogP) is 3.79. The van der Waals surface area contributed by atoms with Gasteiger partial charge in [-0.25, -0.2) is 0 Å². The highest BCUT2D eigenvalue weighted by Gasteiger charge is 2.05. The van der Waals surface area contributed by atoms with Crippen LogP contribution in [0, 0.1) is 0 Å². The molecule has 1 heterocycles. The Kier molecular flexibility index (Phi) is 1.86. The van der Waals surface area contributed by atoms with Gasteiger partial charge < -0.3 is 10.2 Å². The standard InChI is InChI=1S/C12H9N3O/c16-15-14-11-7-13-12-9-4-2-1-3-8(9)5-6-10(11)12/h1-7,13H,(H,14,16). The van der Waals surface area contributed by atoms with E-state index in [0.717, 1.165) is 16.3 Å². The lowest BCUT2D eigenvalue weighted by molar-refractivity contribution is 0.289. The molecule has 0 aliphatic heterocycles. The maximum Gasteiger partial charge on any atom is 0.114 e. The van der Waals surface area contributed by atoms with Crippen LogP contribution in [0.3, 0.4) is 0 Å². The molecular weight excluding hydrogens is 202 g/mol. The number of nitrogens with zero attached hydrogens (tertiary/aromatic N) is 2. The minimum Gasteiger partial charge on any atom is -0.394 e. The predicted molar refractivity (Wildman–Crippen MR) is 62.1 cm³/mol. The van der Waals surface area contributed by atoms with Crippen molar-refractivity contribution in [2.75, 3.05) is 0 Å². The van der Waals surface area contributed by atoms with Crippen molar-refractivity contribution in [3.05, 3.63) is 42.6 Å². The average molecular weight is 211 g/mol. The molecule has 4 heteroatoms. The molecule has 4 nitrogen and oxygen atoms in total. The van der Waals surface area contributed by atoms with E-state index in [1.807, 2.05) is 30.3 Å². The number of fused-ring (bicyclic) bond motifs is 3. The lowest BCUT2D eigenvalue weighted by Crippen LogP contribution is -1.74. The Hall–Kier alpha value is -2.36. The van der Waals surface area contributed by atoms with E-state index in [-0.39, 0.29) is 0 Å². The summed E-state index contributed by atoms with van der Waals surface area (Å²) in [5, 5.41) is 18.2. The number of H-pyrrole nitrogens is 1. The molecule has 3 aromatic rings. The zero-order valence-corrected chi connectivity index (χ0v) is 8.38. The van der Waals surface area contributed by atoms with Gasteiger partial charge in [-0.1, -0.05) is 30.3 Å². The molecule has 0 saturated heterocycles. The fourth-order valence-electron chi connectivity index (χ4n) is 1.99. The summed E-state index contributed by atoms with van der Waals surface area (Å²) in [7, 11) is 0. The Bertz CT molecular complexity index is 685. The molecule has 1 aromatic heterocycles. The number of hydrogen-bond donors (Lipinski definition) is 2. The highest BCUT2D eigenvalue weighted by atomic mass is 16.5. The van der Waals surface area contributed by atoms with E-state index in [1.165, 1.54) is 5.39 Å². The SMILES string of the molecule is ON=Nc1c[nH]c2c1ccc1ccccc12. The molecule has 0 saturated carbocycles. The van der Waals surface area contributed by atoms with Crippen LogP contribution in [0.5, 0.6) is 0 Å². The summed E-state index contributed by atoms with van der Waals surface area (Å²) < 4.78 is 0. The minimum absolute atomic E-state index is 0.642. The second-order valence-electron chi connectivity index (χ2n) is 3.57. The van der Waals surface area contributed by atoms with Crippen LogP contribution in [0.15, 0.2) is 53.0 Å². The minimum atomic E-state index is 0.642. The topological polar surface area (TPSA) is 60.7 Å². The summed E-state index contributed by atoms with van der Waals surface area (Å²) >= 11 is 0. The van der Waals surface area contributed by atoms with E-state index in [4.69, 9.17) is 5.21 Å². The van der Waals surface area contributed by atoms with Crippen molar-refractivity contribution in [1.82, 2.24) is 4.98 Å². The van der Waals surface area contributed by atoms with Crippen molar-refractivity contribution in [3.8, 4) is 0 Å². The highest BCUT2D eigenvalue weighted by Crippen LogP contribution is 2.31. The molecule has 2 N–H and O–H groups in total. The summed E-state index contributed by atoms with van der Waals surface area (Å²) in [4.78, 5) is 3.15. The van der Waals surface area contributed by atoms with Crippen molar-refractivity contribution >= 4 is 27.4 Å². The number of aromatic amines is 1. The summed E-state index contributed by atoms with van der Waals surface area (Å²) in [5.41, 5.74) is 1.66. The third-order valence-corrected chi connectivity index (χ3v) is 2.71. The maximum absolute atomic E-state index is 8.46. The van der Waals surface area contributed by atoms with Gasteiger partial charge >= 0.3 is 0 Å². The Morgan fingerprint density at radius 3 is 2.75 bits per heavy atom. The molecule has 3 rings (SSSR count). The Labute approximate surface area is 91.2 Å². The fraction of sp³-hybridized carbons (Fsp3) is 0. The lowest BCUT2D eigenvalue weighted by Gasteiger charge is -1.98. The molecule has 0 bridgehead atoms. The third kappa shape index (κ3) is 1.16. The summed E-state index contributed by atoms with van der Waals surface area (Å²) in [6, 6.07) is 12.1. The molecule has 0 aliphatic carbocycles. The van der Waals surface area contributed by atoms with E-state index in [2.05, 4.69) is 21.4 Å². The van der Waals surface area contributed by atoms with Gasteiger partial charge in [0.1, 0.15) is 5.69 Å². The molecule has 2 aromatic carbocycles. The zero-order chi connectivity index (χ0) is 11.0. The van der Waals surface area contributed by atoms with Gasteiger partial charge in [-0.2, -0.15) is 0 Å². The van der Waals surface area contributed by atoms with Crippen LogP contribution < -0.4 is 0 Å². The number of benzene rings is 2. The van der Waals surface area contributed by atoms with E-state index >= 15 is 0 Å². The van der Waals surface area contributed by atoms with E-state index in [9.17, 15) is 0 Å². The van der Waals surface area contributed by atoms with Crippen LogP contribution in [-0.4, -0.2) is 10.2 Å². The second-order valence-corrected chi connectivity index (χ2v) is 3.57. The van der Waals surface area contributed by atoms with Gasteiger partial charge in [0.25, 0.3) is 0 Å². The molecule has 0 spiro atoms. The van der Waals surface area contributed by atoms with Crippen molar-refractivity contribution in [2.45, 2.75) is 0 Å². The molecule has 0 amide bonds. The average Bonchev–Trinajstić information content (AvgIpc) is 2.73. The van der Waals surface area contributed by atoms with Crippen molar-refractivity contribution < 1.29 is 5.21 Å². The molecular formula is C12H9N3O. The van der Waals surface area contributed by atoms with Crippen molar-refractivity contribution in [2.24, 2.45) is 10.4 Å². The zero-order valence-electron chi connectivity index (χ0n) is 8.38. The lowest BCUT2D eigenvalue weighted by atomic mass is 10.1. The Morgan fingerprint density at radius 1 is 1.00 bits per heavy atom. The fourth-order valence-corrected chi connectivity index (χ4v) is 1.99. The van der Waals surface area contributed by atoms with Crippen LogP contribution in [0.2, 0.25) is 0 Å². The van der Waals surface area contributed by atoms with Crippen molar-refractivity contribution in [3.63, 3.8) is 0 Å². The smallest absolute Gasteiger partial charge is 0.114 e. The summed E-state index contributed by atoms with van der Waals surface area (Å²) in [6.07, 6.45) is 1.73. The van der Waals surface area contributed by atoms with E-state index < -0.39 is 0 Å². The van der Waals surface area contributed by atoms with Crippen LogP contribution in [-0.2, 0) is 0 Å². The normalized spacial score (nSPS) is 11.8. The molecule has 0 unspecified atom stereocenters. The van der Waals surface area contributed by atoms with Gasteiger partial charge in [-0.05, 0) is 11.5 Å². The maximum atomic E-state index is 8.46. The van der Waals surface area contributed by atoms with Crippen LogP contribution in [0.1, 0.15) is 0 Å². The van der Waals surface area contributed by atoms with Crippen LogP contribution >= 0.6 is 0 Å². The number of hydrogen-bond acceptors (Lipinski definition) is 2. The number of rotatable bonds is 1. The number of aromatic nitrogens is 1. The molecule has 0 aliphatic rings. The van der Waals surface area contributed by atoms with Gasteiger partial charge in [0, 0.05) is 22.2 Å². The molecule has 16 heavy (non-hydrogen) atoms. The van der Waals surface area contributed by atoms with Gasteiger partial charge in [-0.15, -0.1) is 5.11 Å². The first-order valence-corrected chi connectivity index (χ1v) is 4.94. The van der Waals surface area contributed by atoms with E-state index in [1.54, 1.807) is 6.20 Å². The van der Waals surface area contributed by atoms with E-state index in [0.29, 0.717) is 5.69 Å². The van der Waals surface area contributed by atoms with Crippen LogP contribution in [0.4, 0.5) is 5.69 Å². The van der Waals surface area contributed by atoms with Crippen LogP contribution in [0.25, 0.3) is 21.7 Å². The molecule has 0 fully saturated rings. The first kappa shape index (κ1) is 8.91. The molecule has 0 atom stereocenters. The van der Waals surface area contributed by atoms with Gasteiger partial charge in [-0.3, -0.25) is 0 Å². The summed E-state index contributed by atoms with van der Waals surface area (Å²) in [6.45, 7) is 0. The van der Waals surface area contributed by atoms with Gasteiger partial charge in [0.15, 0.2) is 0 Å². The van der Waals surface area contributed by atoms with Gasteiger partial charge in [0.05, 0.1) is 5.52 Å². The third-order valence-electron chi connectivity index (χ3n) is 2.71. The monoisotopic (exact) mass is 211 g/mol. The first-order valence-electron chi connectivity index (χ1n) is 4.94. The first-order chi connectivity index (χ1) is 7.90. The van der Waals surface area contributed by atoms with Gasteiger partial charge in [0.2, 0.25) is 0 Å². The molecule has 78 valence electrons. The Morgan fingerprint density at radius 2 is 1.88 bits per heavy atom. The molecule has 0 radical (unpaired) electrons. The van der Waals surface area contributed by atoms with Crippen molar-refractivity contribution in [1.29, 1.82) is 0 Å². The quantitative estimate of drug-likeness (QED) is 0.466. The highest BCUT2D eigenvalue weighted by molar-refractivity contribution is 6.09. The second kappa shape index (κ2) is 3.34. The largest absolute Gasteiger partial charge is 0.394 e. The summed E-state index contributed by atoms with van der Waals surface area (Å²) in [5.74, 6) is 0.